The standard InChI is InChI=1S/C11H13F2NO2/c1-15-9-3-2-7(12)10(11(9)13)8-6-16-5-4-14-8/h2-3,8,14H,4-6H2,1H3/t8-/m0/s1. The molecule has 0 saturated carbocycles. The Morgan fingerprint density at radius 2 is 2.25 bits per heavy atom. The normalized spacial score (nSPS) is 20.8. The number of ether oxygens (including phenoxy) is 2. The van der Waals surface area contributed by atoms with Gasteiger partial charge in [-0.25, -0.2) is 8.78 Å². The molecule has 1 heterocycles. The summed E-state index contributed by atoms with van der Waals surface area (Å²) < 4.78 is 37.4. The van der Waals surface area contributed by atoms with Gasteiger partial charge in [-0.1, -0.05) is 0 Å². The van der Waals surface area contributed by atoms with E-state index in [1.807, 2.05) is 0 Å². The highest BCUT2D eigenvalue weighted by Gasteiger charge is 2.24. The Bertz CT molecular complexity index is 378. The Morgan fingerprint density at radius 1 is 1.44 bits per heavy atom. The molecule has 1 saturated heterocycles. The van der Waals surface area contributed by atoms with Crippen LogP contribution >= 0.6 is 0 Å². The zero-order valence-corrected chi connectivity index (χ0v) is 8.93. The second kappa shape index (κ2) is 4.76. The van der Waals surface area contributed by atoms with Crippen LogP contribution in [0.3, 0.4) is 0 Å². The number of halogens is 2. The maximum Gasteiger partial charge on any atom is 0.172 e. The average molecular weight is 229 g/mol. The molecule has 1 aliphatic heterocycles. The van der Waals surface area contributed by atoms with Gasteiger partial charge in [-0.2, -0.15) is 0 Å². The van der Waals surface area contributed by atoms with E-state index in [-0.39, 0.29) is 17.9 Å². The Morgan fingerprint density at radius 3 is 2.88 bits per heavy atom. The first kappa shape index (κ1) is 11.3. The van der Waals surface area contributed by atoms with Crippen LogP contribution in [-0.2, 0) is 4.74 Å². The summed E-state index contributed by atoms with van der Waals surface area (Å²) in [6, 6.07) is 2.02. The van der Waals surface area contributed by atoms with E-state index in [1.165, 1.54) is 19.2 Å². The maximum absolute atomic E-state index is 13.9. The number of rotatable bonds is 2. The summed E-state index contributed by atoms with van der Waals surface area (Å²) in [7, 11) is 1.35. The highest BCUT2D eigenvalue weighted by atomic mass is 19.1. The van der Waals surface area contributed by atoms with Crippen LogP contribution < -0.4 is 10.1 Å². The van der Waals surface area contributed by atoms with Gasteiger partial charge in [0.25, 0.3) is 0 Å². The summed E-state index contributed by atoms with van der Waals surface area (Å²) in [4.78, 5) is 0. The van der Waals surface area contributed by atoms with Crippen molar-refractivity contribution in [2.75, 3.05) is 26.9 Å². The minimum absolute atomic E-state index is 0.0148. The van der Waals surface area contributed by atoms with Gasteiger partial charge >= 0.3 is 0 Å². The zero-order chi connectivity index (χ0) is 11.5. The van der Waals surface area contributed by atoms with Crippen molar-refractivity contribution in [3.8, 4) is 5.75 Å². The van der Waals surface area contributed by atoms with Gasteiger partial charge in [0.1, 0.15) is 5.82 Å². The van der Waals surface area contributed by atoms with Crippen LogP contribution in [0.25, 0.3) is 0 Å². The molecule has 1 fully saturated rings. The van der Waals surface area contributed by atoms with Gasteiger partial charge in [-0.3, -0.25) is 0 Å². The van der Waals surface area contributed by atoms with E-state index in [9.17, 15) is 8.78 Å². The van der Waals surface area contributed by atoms with Crippen LogP contribution in [-0.4, -0.2) is 26.9 Å². The minimum Gasteiger partial charge on any atom is -0.494 e. The maximum atomic E-state index is 13.9. The second-order valence-corrected chi connectivity index (χ2v) is 3.56. The lowest BCUT2D eigenvalue weighted by Gasteiger charge is -2.25. The Kier molecular flexibility index (Phi) is 3.36. The summed E-state index contributed by atoms with van der Waals surface area (Å²) in [5, 5.41) is 3.01. The number of hydrogen-bond donors (Lipinski definition) is 1. The molecule has 0 aromatic heterocycles. The fraction of sp³-hybridized carbons (Fsp3) is 0.455. The molecule has 1 aliphatic rings. The number of morpholine rings is 1. The van der Waals surface area contributed by atoms with Crippen LogP contribution in [0, 0.1) is 11.6 Å². The topological polar surface area (TPSA) is 30.5 Å². The van der Waals surface area contributed by atoms with Crippen molar-refractivity contribution < 1.29 is 18.3 Å². The van der Waals surface area contributed by atoms with Crippen molar-refractivity contribution in [1.29, 1.82) is 0 Å². The average Bonchev–Trinajstić information content (AvgIpc) is 2.31. The lowest BCUT2D eigenvalue weighted by Crippen LogP contribution is -2.35. The highest BCUT2D eigenvalue weighted by Crippen LogP contribution is 2.28. The number of nitrogens with one attached hydrogen (secondary N) is 1. The second-order valence-electron chi connectivity index (χ2n) is 3.56. The lowest BCUT2D eigenvalue weighted by molar-refractivity contribution is 0.0743. The Balaban J connectivity index is 2.37. The molecule has 0 radical (unpaired) electrons. The fourth-order valence-electron chi connectivity index (χ4n) is 1.78. The first-order chi connectivity index (χ1) is 7.74. The van der Waals surface area contributed by atoms with Crippen molar-refractivity contribution in [2.24, 2.45) is 0 Å². The lowest BCUT2D eigenvalue weighted by atomic mass is 10.0. The van der Waals surface area contributed by atoms with Gasteiger partial charge in [0.05, 0.1) is 26.4 Å². The van der Waals surface area contributed by atoms with Gasteiger partial charge in [-0.15, -0.1) is 0 Å². The number of methoxy groups -OCH3 is 1. The van der Waals surface area contributed by atoms with Crippen LogP contribution in [0.4, 0.5) is 8.78 Å². The molecule has 88 valence electrons. The largest absolute Gasteiger partial charge is 0.494 e. The third-order valence-electron chi connectivity index (χ3n) is 2.58. The molecule has 16 heavy (non-hydrogen) atoms. The minimum atomic E-state index is -0.662. The van der Waals surface area contributed by atoms with Gasteiger partial charge in [0.15, 0.2) is 11.6 Å². The predicted molar refractivity (Wildman–Crippen MR) is 54.5 cm³/mol. The van der Waals surface area contributed by atoms with Gasteiger partial charge in [0.2, 0.25) is 0 Å². The molecular weight excluding hydrogens is 216 g/mol. The van der Waals surface area contributed by atoms with E-state index in [1.54, 1.807) is 0 Å². The molecule has 1 atom stereocenters. The van der Waals surface area contributed by atoms with Gasteiger partial charge in [-0.05, 0) is 12.1 Å². The zero-order valence-electron chi connectivity index (χ0n) is 8.93. The van der Waals surface area contributed by atoms with Crippen molar-refractivity contribution in [3.63, 3.8) is 0 Å². The van der Waals surface area contributed by atoms with Gasteiger partial charge < -0.3 is 14.8 Å². The first-order valence-electron chi connectivity index (χ1n) is 5.07. The molecule has 5 heteroatoms. The molecule has 0 aliphatic carbocycles. The fourth-order valence-corrected chi connectivity index (χ4v) is 1.78. The van der Waals surface area contributed by atoms with Crippen molar-refractivity contribution in [1.82, 2.24) is 5.32 Å². The quantitative estimate of drug-likeness (QED) is 0.836. The van der Waals surface area contributed by atoms with E-state index in [4.69, 9.17) is 9.47 Å². The number of hydrogen-bond acceptors (Lipinski definition) is 3. The summed E-state index contributed by atoms with van der Waals surface area (Å²) in [5.74, 6) is -1.20. The molecule has 0 amide bonds. The SMILES string of the molecule is COc1ccc(F)c([C@@H]2COCCN2)c1F. The van der Waals surface area contributed by atoms with E-state index in [0.29, 0.717) is 13.2 Å². The summed E-state index contributed by atoms with van der Waals surface area (Å²) in [5.41, 5.74) is -0.0148. The molecule has 1 aromatic carbocycles. The van der Waals surface area contributed by atoms with Crippen LogP contribution in [0.15, 0.2) is 12.1 Å². The molecule has 2 rings (SSSR count). The highest BCUT2D eigenvalue weighted by molar-refractivity contribution is 5.34. The molecule has 0 spiro atoms. The van der Waals surface area contributed by atoms with Crippen LogP contribution in [0.5, 0.6) is 5.75 Å². The van der Waals surface area contributed by atoms with Crippen LogP contribution in [0.1, 0.15) is 11.6 Å². The van der Waals surface area contributed by atoms with E-state index >= 15 is 0 Å². The van der Waals surface area contributed by atoms with E-state index in [2.05, 4.69) is 5.32 Å². The molecule has 3 nitrogen and oxygen atoms in total. The molecule has 0 unspecified atom stereocenters. The van der Waals surface area contributed by atoms with Crippen molar-refractivity contribution in [2.45, 2.75) is 6.04 Å². The summed E-state index contributed by atoms with van der Waals surface area (Å²) in [6.07, 6.45) is 0. The summed E-state index contributed by atoms with van der Waals surface area (Å²) in [6.45, 7) is 1.41. The smallest absolute Gasteiger partial charge is 0.172 e. The van der Waals surface area contributed by atoms with E-state index in [0.717, 1.165) is 0 Å². The summed E-state index contributed by atoms with van der Waals surface area (Å²) >= 11 is 0. The predicted octanol–water partition coefficient (Wildman–Crippen LogP) is 1.63. The van der Waals surface area contributed by atoms with Crippen molar-refractivity contribution in [3.05, 3.63) is 29.3 Å². The first-order valence-corrected chi connectivity index (χ1v) is 5.07. The van der Waals surface area contributed by atoms with Gasteiger partial charge in [0, 0.05) is 12.1 Å². The van der Waals surface area contributed by atoms with E-state index < -0.39 is 17.7 Å². The van der Waals surface area contributed by atoms with Crippen LogP contribution in [0.2, 0.25) is 0 Å². The van der Waals surface area contributed by atoms with Crippen molar-refractivity contribution >= 4 is 0 Å². The molecule has 1 aromatic rings. The Labute approximate surface area is 92.4 Å². The third-order valence-corrected chi connectivity index (χ3v) is 2.58. The monoisotopic (exact) mass is 229 g/mol. The molecule has 0 bridgehead atoms. The molecule has 1 N–H and O–H groups in total. The third kappa shape index (κ3) is 2.01. The number of benzene rings is 1. The Hall–Kier alpha value is -1.20. The molecular formula is C11H13F2NO2.